The van der Waals surface area contributed by atoms with Crippen LogP contribution in [0.2, 0.25) is 0 Å². The van der Waals surface area contributed by atoms with Crippen molar-refractivity contribution in [2.24, 2.45) is 0 Å². The fourth-order valence-electron chi connectivity index (χ4n) is 1.69. The highest BCUT2D eigenvalue weighted by molar-refractivity contribution is 5.28. The summed E-state index contributed by atoms with van der Waals surface area (Å²) in [5.41, 5.74) is 2.03. The second-order valence-corrected chi connectivity index (χ2v) is 3.80. The van der Waals surface area contributed by atoms with Crippen molar-refractivity contribution < 1.29 is 9.50 Å². The van der Waals surface area contributed by atoms with E-state index in [1.54, 1.807) is 24.3 Å². The van der Waals surface area contributed by atoms with Crippen LogP contribution >= 0.6 is 0 Å². The molecule has 16 heavy (non-hydrogen) atoms. The molecule has 0 unspecified atom stereocenters. The Labute approximate surface area is 94.2 Å². The number of aryl methyl sites for hydroxylation is 2. The second-order valence-electron chi connectivity index (χ2n) is 3.80. The maximum atomic E-state index is 12.9. The fraction of sp³-hybridized carbons (Fsp3) is 0.143. The van der Waals surface area contributed by atoms with E-state index in [1.807, 2.05) is 18.2 Å². The van der Waals surface area contributed by atoms with Crippen LogP contribution in [0.25, 0.3) is 0 Å². The highest BCUT2D eigenvalue weighted by Gasteiger charge is 1.98. The van der Waals surface area contributed by atoms with Crippen molar-refractivity contribution >= 4 is 0 Å². The Bertz CT molecular complexity index is 434. The Kier molecular flexibility index (Phi) is 3.20. The fourth-order valence-corrected chi connectivity index (χ4v) is 1.69. The first-order chi connectivity index (χ1) is 7.74. The lowest BCUT2D eigenvalue weighted by atomic mass is 10.0. The van der Waals surface area contributed by atoms with E-state index < -0.39 is 0 Å². The van der Waals surface area contributed by atoms with E-state index in [2.05, 4.69) is 0 Å². The number of benzene rings is 2. The van der Waals surface area contributed by atoms with Gasteiger partial charge in [-0.25, -0.2) is 4.39 Å². The maximum Gasteiger partial charge on any atom is 0.123 e. The number of hydrogen-bond donors (Lipinski definition) is 1. The first-order valence-corrected chi connectivity index (χ1v) is 5.26. The van der Waals surface area contributed by atoms with Crippen molar-refractivity contribution in [3.8, 4) is 5.75 Å². The summed E-state index contributed by atoms with van der Waals surface area (Å²) in [5.74, 6) is 0.0742. The van der Waals surface area contributed by atoms with Crippen LogP contribution in [0.3, 0.4) is 0 Å². The van der Waals surface area contributed by atoms with E-state index in [1.165, 1.54) is 6.07 Å². The summed E-state index contributed by atoms with van der Waals surface area (Å²) in [5, 5.41) is 9.29. The first-order valence-electron chi connectivity index (χ1n) is 5.26. The van der Waals surface area contributed by atoms with Crippen LogP contribution < -0.4 is 0 Å². The molecule has 0 aliphatic rings. The summed E-state index contributed by atoms with van der Waals surface area (Å²) >= 11 is 0. The zero-order valence-electron chi connectivity index (χ0n) is 8.86. The average molecular weight is 216 g/mol. The van der Waals surface area contributed by atoms with Gasteiger partial charge >= 0.3 is 0 Å². The second kappa shape index (κ2) is 4.79. The number of phenolic OH excluding ortho intramolecular Hbond substituents is 1. The van der Waals surface area contributed by atoms with Crippen LogP contribution in [0.15, 0.2) is 48.5 Å². The topological polar surface area (TPSA) is 20.2 Å². The maximum absolute atomic E-state index is 12.9. The molecule has 82 valence electrons. The average Bonchev–Trinajstić information content (AvgIpc) is 2.27. The monoisotopic (exact) mass is 216 g/mol. The highest BCUT2D eigenvalue weighted by Crippen LogP contribution is 2.13. The number of hydrogen-bond acceptors (Lipinski definition) is 1. The van der Waals surface area contributed by atoms with Crippen molar-refractivity contribution in [3.63, 3.8) is 0 Å². The molecule has 0 radical (unpaired) electrons. The third kappa shape index (κ3) is 2.83. The van der Waals surface area contributed by atoms with E-state index in [0.717, 1.165) is 24.0 Å². The van der Waals surface area contributed by atoms with Gasteiger partial charge < -0.3 is 5.11 Å². The van der Waals surface area contributed by atoms with Crippen LogP contribution in [0.5, 0.6) is 5.75 Å². The van der Waals surface area contributed by atoms with Gasteiger partial charge in [-0.2, -0.15) is 0 Å². The molecular weight excluding hydrogens is 203 g/mol. The third-order valence-corrected chi connectivity index (χ3v) is 2.50. The SMILES string of the molecule is Oc1cccc(CCc2cccc(F)c2)c1. The van der Waals surface area contributed by atoms with E-state index in [9.17, 15) is 9.50 Å². The molecule has 0 amide bonds. The van der Waals surface area contributed by atoms with Gasteiger partial charge in [0.15, 0.2) is 0 Å². The summed E-state index contributed by atoms with van der Waals surface area (Å²) in [4.78, 5) is 0. The molecule has 0 fully saturated rings. The molecule has 0 saturated heterocycles. The molecule has 2 aromatic carbocycles. The molecule has 0 atom stereocenters. The smallest absolute Gasteiger partial charge is 0.123 e. The quantitative estimate of drug-likeness (QED) is 0.834. The first kappa shape index (κ1) is 10.7. The number of phenols is 1. The van der Waals surface area contributed by atoms with Crippen LogP contribution in [0.4, 0.5) is 4.39 Å². The van der Waals surface area contributed by atoms with Crippen molar-refractivity contribution in [2.75, 3.05) is 0 Å². The summed E-state index contributed by atoms with van der Waals surface area (Å²) in [6.45, 7) is 0. The minimum atomic E-state index is -0.201. The molecule has 2 heteroatoms. The summed E-state index contributed by atoms with van der Waals surface area (Å²) < 4.78 is 12.9. The molecule has 1 nitrogen and oxygen atoms in total. The molecule has 0 aliphatic heterocycles. The molecular formula is C14H13FO. The minimum Gasteiger partial charge on any atom is -0.508 e. The molecule has 0 aromatic heterocycles. The van der Waals surface area contributed by atoms with Gasteiger partial charge in [0.05, 0.1) is 0 Å². The predicted molar refractivity (Wildman–Crippen MR) is 61.9 cm³/mol. The van der Waals surface area contributed by atoms with E-state index in [0.29, 0.717) is 0 Å². The third-order valence-electron chi connectivity index (χ3n) is 2.50. The van der Waals surface area contributed by atoms with Crippen LogP contribution in [-0.2, 0) is 12.8 Å². The van der Waals surface area contributed by atoms with Gasteiger partial charge in [-0.15, -0.1) is 0 Å². The predicted octanol–water partition coefficient (Wildman–Crippen LogP) is 3.32. The van der Waals surface area contributed by atoms with Gasteiger partial charge in [-0.05, 0) is 48.2 Å². The van der Waals surface area contributed by atoms with Gasteiger partial charge in [-0.3, -0.25) is 0 Å². The standard InChI is InChI=1S/C14H13FO/c15-13-5-1-3-11(9-13)7-8-12-4-2-6-14(16)10-12/h1-6,9-10,16H,7-8H2. The lowest BCUT2D eigenvalue weighted by Gasteiger charge is -2.02. The van der Waals surface area contributed by atoms with Crippen LogP contribution in [0, 0.1) is 5.82 Å². The molecule has 0 spiro atoms. The Morgan fingerprint density at radius 3 is 2.12 bits per heavy atom. The summed E-state index contributed by atoms with van der Waals surface area (Å²) in [6, 6.07) is 13.8. The number of halogens is 1. The zero-order chi connectivity index (χ0) is 11.4. The largest absolute Gasteiger partial charge is 0.508 e. The van der Waals surface area contributed by atoms with Crippen molar-refractivity contribution in [1.29, 1.82) is 0 Å². The molecule has 2 aromatic rings. The Balaban J connectivity index is 2.02. The van der Waals surface area contributed by atoms with Crippen LogP contribution in [0.1, 0.15) is 11.1 Å². The van der Waals surface area contributed by atoms with E-state index >= 15 is 0 Å². The lowest BCUT2D eigenvalue weighted by molar-refractivity contribution is 0.474. The molecule has 0 saturated carbocycles. The normalized spacial score (nSPS) is 10.3. The van der Waals surface area contributed by atoms with Gasteiger partial charge in [0.2, 0.25) is 0 Å². The van der Waals surface area contributed by atoms with Crippen molar-refractivity contribution in [2.45, 2.75) is 12.8 Å². The number of aromatic hydroxyl groups is 1. The Morgan fingerprint density at radius 2 is 1.50 bits per heavy atom. The van der Waals surface area contributed by atoms with Crippen LogP contribution in [-0.4, -0.2) is 5.11 Å². The lowest BCUT2D eigenvalue weighted by Crippen LogP contribution is -1.91. The highest BCUT2D eigenvalue weighted by atomic mass is 19.1. The molecule has 0 aliphatic carbocycles. The molecule has 0 bridgehead atoms. The molecule has 1 N–H and O–H groups in total. The zero-order valence-corrected chi connectivity index (χ0v) is 8.86. The summed E-state index contributed by atoms with van der Waals surface area (Å²) in [6.07, 6.45) is 1.58. The van der Waals surface area contributed by atoms with Gasteiger partial charge in [0.25, 0.3) is 0 Å². The molecule has 0 heterocycles. The van der Waals surface area contributed by atoms with Crippen molar-refractivity contribution in [3.05, 3.63) is 65.5 Å². The van der Waals surface area contributed by atoms with E-state index in [4.69, 9.17) is 0 Å². The van der Waals surface area contributed by atoms with Gasteiger partial charge in [0, 0.05) is 0 Å². The summed E-state index contributed by atoms with van der Waals surface area (Å²) in [7, 11) is 0. The van der Waals surface area contributed by atoms with Crippen molar-refractivity contribution in [1.82, 2.24) is 0 Å². The number of rotatable bonds is 3. The minimum absolute atomic E-state index is 0.201. The Hall–Kier alpha value is -1.83. The van der Waals surface area contributed by atoms with Gasteiger partial charge in [0.1, 0.15) is 11.6 Å². The van der Waals surface area contributed by atoms with Gasteiger partial charge in [-0.1, -0.05) is 24.3 Å². The molecule has 2 rings (SSSR count). The van der Waals surface area contributed by atoms with E-state index in [-0.39, 0.29) is 11.6 Å². The Morgan fingerprint density at radius 1 is 0.875 bits per heavy atom.